The van der Waals surface area contributed by atoms with Crippen LogP contribution in [0.15, 0.2) is 48.5 Å². The molecule has 3 nitrogen and oxygen atoms in total. The molecule has 1 atom stereocenters. The monoisotopic (exact) mass is 280 g/mol. The van der Waals surface area contributed by atoms with Crippen molar-refractivity contribution in [2.24, 2.45) is 0 Å². The zero-order valence-corrected chi connectivity index (χ0v) is 12.1. The van der Waals surface area contributed by atoms with Crippen molar-refractivity contribution in [2.75, 3.05) is 24.5 Å². The summed E-state index contributed by atoms with van der Waals surface area (Å²) in [7, 11) is 0. The normalized spacial score (nSPS) is 20.4. The van der Waals surface area contributed by atoms with Gasteiger partial charge in [0.05, 0.1) is 6.54 Å². The van der Waals surface area contributed by atoms with Crippen LogP contribution in [0.4, 0.5) is 5.69 Å². The Kier molecular flexibility index (Phi) is 3.28. The zero-order valence-electron chi connectivity index (χ0n) is 12.1. The molecule has 108 valence electrons. The summed E-state index contributed by atoms with van der Waals surface area (Å²) in [5.74, 6) is 1.06. The number of rotatable bonds is 2. The second-order valence-electron chi connectivity index (χ2n) is 5.80. The molecule has 0 spiro atoms. The summed E-state index contributed by atoms with van der Waals surface area (Å²) in [4.78, 5) is 2.46. The van der Waals surface area contributed by atoms with Crippen LogP contribution in [0.5, 0.6) is 5.75 Å². The van der Waals surface area contributed by atoms with E-state index in [1.165, 1.54) is 16.8 Å². The highest BCUT2D eigenvalue weighted by Crippen LogP contribution is 2.30. The molecule has 0 amide bonds. The highest BCUT2D eigenvalue weighted by Gasteiger charge is 2.25. The van der Waals surface area contributed by atoms with Gasteiger partial charge in [0.2, 0.25) is 0 Å². The molecule has 4 rings (SSSR count). The molecule has 1 unspecified atom stereocenters. The van der Waals surface area contributed by atoms with Gasteiger partial charge in [-0.3, -0.25) is 0 Å². The lowest BCUT2D eigenvalue weighted by Crippen LogP contribution is -2.37. The summed E-state index contributed by atoms with van der Waals surface area (Å²) in [5, 5.41) is 3.49. The third kappa shape index (κ3) is 2.49. The van der Waals surface area contributed by atoms with Crippen LogP contribution >= 0.6 is 0 Å². The van der Waals surface area contributed by atoms with E-state index in [0.717, 1.165) is 38.3 Å². The number of nitrogens with one attached hydrogen (secondary N) is 1. The van der Waals surface area contributed by atoms with Gasteiger partial charge < -0.3 is 15.0 Å². The highest BCUT2D eigenvalue weighted by atomic mass is 16.5. The molecule has 3 heteroatoms. The summed E-state index contributed by atoms with van der Waals surface area (Å²) < 4.78 is 6.10. The van der Waals surface area contributed by atoms with Gasteiger partial charge in [0.1, 0.15) is 11.9 Å². The van der Waals surface area contributed by atoms with Crippen molar-refractivity contribution in [2.45, 2.75) is 19.1 Å². The number of ether oxygens (including phenoxy) is 1. The Balaban J connectivity index is 1.53. The smallest absolute Gasteiger partial charge is 0.123 e. The molecule has 2 heterocycles. The fourth-order valence-corrected chi connectivity index (χ4v) is 3.32. The standard InChI is InChI=1S/C18H20N2O/c1-3-7-17-15(6-1)12-19-9-10-20(17)13-16-11-14-5-2-4-8-18(14)21-16/h1-8,16,19H,9-13H2. The van der Waals surface area contributed by atoms with Gasteiger partial charge in [-0.1, -0.05) is 36.4 Å². The summed E-state index contributed by atoms with van der Waals surface area (Å²) in [6.07, 6.45) is 1.27. The molecule has 0 fully saturated rings. The Morgan fingerprint density at radius 3 is 2.76 bits per heavy atom. The van der Waals surface area contributed by atoms with Crippen molar-refractivity contribution in [3.8, 4) is 5.75 Å². The van der Waals surface area contributed by atoms with Crippen LogP contribution in [0.3, 0.4) is 0 Å². The molecule has 0 aliphatic carbocycles. The SMILES string of the molecule is c1ccc2c(c1)CC(CN1CCNCc3ccccc31)O2. The number of fused-ring (bicyclic) bond motifs is 2. The quantitative estimate of drug-likeness (QED) is 0.915. The third-order valence-corrected chi connectivity index (χ3v) is 4.34. The van der Waals surface area contributed by atoms with E-state index in [9.17, 15) is 0 Å². The number of benzene rings is 2. The predicted octanol–water partition coefficient (Wildman–Crippen LogP) is 2.60. The van der Waals surface area contributed by atoms with Crippen LogP contribution in [0.1, 0.15) is 11.1 Å². The summed E-state index contributed by atoms with van der Waals surface area (Å²) in [6, 6.07) is 17.1. The van der Waals surface area contributed by atoms with Gasteiger partial charge in [-0.25, -0.2) is 0 Å². The molecule has 1 N–H and O–H groups in total. The van der Waals surface area contributed by atoms with Crippen molar-refractivity contribution in [1.82, 2.24) is 5.32 Å². The Bertz CT molecular complexity index is 616. The van der Waals surface area contributed by atoms with E-state index >= 15 is 0 Å². The van der Waals surface area contributed by atoms with Gasteiger partial charge in [0.25, 0.3) is 0 Å². The van der Waals surface area contributed by atoms with Gasteiger partial charge >= 0.3 is 0 Å². The number of hydrogen-bond acceptors (Lipinski definition) is 3. The van der Waals surface area contributed by atoms with Crippen molar-refractivity contribution in [3.05, 3.63) is 59.7 Å². The number of para-hydroxylation sites is 2. The van der Waals surface area contributed by atoms with Crippen LogP contribution in [0.25, 0.3) is 0 Å². The number of anilines is 1. The molecule has 21 heavy (non-hydrogen) atoms. The van der Waals surface area contributed by atoms with E-state index < -0.39 is 0 Å². The van der Waals surface area contributed by atoms with Crippen LogP contribution < -0.4 is 15.0 Å². The Morgan fingerprint density at radius 2 is 1.86 bits per heavy atom. The van der Waals surface area contributed by atoms with E-state index in [-0.39, 0.29) is 6.10 Å². The van der Waals surface area contributed by atoms with Crippen molar-refractivity contribution < 1.29 is 4.74 Å². The maximum absolute atomic E-state index is 6.10. The fraction of sp³-hybridized carbons (Fsp3) is 0.333. The molecular formula is C18H20N2O. The first-order valence-electron chi connectivity index (χ1n) is 7.68. The second-order valence-corrected chi connectivity index (χ2v) is 5.80. The number of nitrogens with zero attached hydrogens (tertiary/aromatic N) is 1. The Labute approximate surface area is 125 Å². The summed E-state index contributed by atoms with van der Waals surface area (Å²) >= 11 is 0. The minimum Gasteiger partial charge on any atom is -0.488 e. The molecular weight excluding hydrogens is 260 g/mol. The van der Waals surface area contributed by atoms with Crippen molar-refractivity contribution in [3.63, 3.8) is 0 Å². The lowest BCUT2D eigenvalue weighted by Gasteiger charge is -2.27. The average molecular weight is 280 g/mol. The largest absolute Gasteiger partial charge is 0.488 e. The van der Waals surface area contributed by atoms with E-state index in [2.05, 4.69) is 52.7 Å². The fourth-order valence-electron chi connectivity index (χ4n) is 3.32. The molecule has 2 aromatic carbocycles. The number of hydrogen-bond donors (Lipinski definition) is 1. The van der Waals surface area contributed by atoms with Crippen LogP contribution in [0.2, 0.25) is 0 Å². The second kappa shape index (κ2) is 5.41. The van der Waals surface area contributed by atoms with Crippen LogP contribution in [-0.4, -0.2) is 25.7 Å². The molecule has 0 saturated carbocycles. The van der Waals surface area contributed by atoms with Crippen LogP contribution in [0, 0.1) is 0 Å². The van der Waals surface area contributed by atoms with Gasteiger partial charge in [-0.05, 0) is 23.3 Å². The molecule has 0 saturated heterocycles. The van der Waals surface area contributed by atoms with Gasteiger partial charge in [0.15, 0.2) is 0 Å². The van der Waals surface area contributed by atoms with Gasteiger partial charge in [-0.2, -0.15) is 0 Å². The zero-order chi connectivity index (χ0) is 14.1. The van der Waals surface area contributed by atoms with Gasteiger partial charge in [-0.15, -0.1) is 0 Å². The highest BCUT2D eigenvalue weighted by molar-refractivity contribution is 5.54. The molecule has 2 aliphatic heterocycles. The Hall–Kier alpha value is -2.00. The first kappa shape index (κ1) is 12.7. The first-order valence-corrected chi connectivity index (χ1v) is 7.68. The lowest BCUT2D eigenvalue weighted by molar-refractivity contribution is 0.237. The predicted molar refractivity (Wildman–Crippen MR) is 84.9 cm³/mol. The van der Waals surface area contributed by atoms with E-state index in [1.807, 2.05) is 6.07 Å². The average Bonchev–Trinajstić information content (AvgIpc) is 2.82. The van der Waals surface area contributed by atoms with E-state index in [1.54, 1.807) is 0 Å². The maximum atomic E-state index is 6.10. The molecule has 0 aromatic heterocycles. The third-order valence-electron chi connectivity index (χ3n) is 4.34. The minimum atomic E-state index is 0.258. The van der Waals surface area contributed by atoms with E-state index in [0.29, 0.717) is 0 Å². The first-order chi connectivity index (χ1) is 10.4. The molecule has 0 radical (unpaired) electrons. The maximum Gasteiger partial charge on any atom is 0.123 e. The molecule has 2 aromatic rings. The molecule has 2 aliphatic rings. The van der Waals surface area contributed by atoms with Crippen molar-refractivity contribution >= 4 is 5.69 Å². The van der Waals surface area contributed by atoms with E-state index in [4.69, 9.17) is 4.74 Å². The van der Waals surface area contributed by atoms with Crippen LogP contribution in [-0.2, 0) is 13.0 Å². The summed E-state index contributed by atoms with van der Waals surface area (Å²) in [5.41, 5.74) is 4.07. The van der Waals surface area contributed by atoms with Crippen molar-refractivity contribution in [1.29, 1.82) is 0 Å². The Morgan fingerprint density at radius 1 is 1.05 bits per heavy atom. The minimum absolute atomic E-state index is 0.258. The lowest BCUT2D eigenvalue weighted by atomic mass is 10.1. The topological polar surface area (TPSA) is 24.5 Å². The van der Waals surface area contributed by atoms with Gasteiger partial charge in [0, 0.05) is 31.7 Å². The molecule has 0 bridgehead atoms. The summed E-state index contributed by atoms with van der Waals surface area (Å²) in [6.45, 7) is 3.97.